The summed E-state index contributed by atoms with van der Waals surface area (Å²) in [5.74, 6) is 2.96. The maximum atomic E-state index is 4.90. The van der Waals surface area contributed by atoms with Gasteiger partial charge in [0.1, 0.15) is 0 Å². The zero-order chi connectivity index (χ0) is 18.6. The Morgan fingerprint density at radius 3 is 2.32 bits per heavy atom. The Morgan fingerprint density at radius 1 is 1.12 bits per heavy atom. The first-order chi connectivity index (χ1) is 12.0. The van der Waals surface area contributed by atoms with Crippen LogP contribution in [0.2, 0.25) is 0 Å². The molecule has 0 spiro atoms. The van der Waals surface area contributed by atoms with Crippen LogP contribution in [0.3, 0.4) is 0 Å². The van der Waals surface area contributed by atoms with Gasteiger partial charge in [-0.3, -0.25) is 0 Å². The predicted molar refractivity (Wildman–Crippen MR) is 111 cm³/mol. The summed E-state index contributed by atoms with van der Waals surface area (Å²) in [4.78, 5) is 4.90. The standard InChI is InChI=1S/C20H31N3.C2H6/c1-13(2)15(5)12-21-20-22-18-10-9-16(14(3)4)11-19(18)23(20)17-7-6-8-17;1-2/h9-11,13-15,17H,6-8,12H2,1-5H3,(H,21,22);1-2H3/t15-;/m1./s1. The average Bonchev–Trinajstić information content (AvgIpc) is 2.90. The molecule has 0 aliphatic heterocycles. The minimum atomic E-state index is 0.557. The van der Waals surface area contributed by atoms with E-state index in [4.69, 9.17) is 4.98 Å². The molecule has 140 valence electrons. The molecular formula is C22H37N3. The van der Waals surface area contributed by atoms with Gasteiger partial charge in [-0.05, 0) is 54.7 Å². The molecule has 3 heteroatoms. The summed E-state index contributed by atoms with van der Waals surface area (Å²) >= 11 is 0. The molecule has 25 heavy (non-hydrogen) atoms. The van der Waals surface area contributed by atoms with Crippen LogP contribution in [-0.4, -0.2) is 16.1 Å². The van der Waals surface area contributed by atoms with Gasteiger partial charge in [0.15, 0.2) is 0 Å². The quantitative estimate of drug-likeness (QED) is 0.639. The van der Waals surface area contributed by atoms with Crippen molar-refractivity contribution >= 4 is 17.0 Å². The van der Waals surface area contributed by atoms with E-state index in [9.17, 15) is 0 Å². The van der Waals surface area contributed by atoms with Gasteiger partial charge in [0.25, 0.3) is 0 Å². The summed E-state index contributed by atoms with van der Waals surface area (Å²) in [5, 5.41) is 3.63. The van der Waals surface area contributed by atoms with Gasteiger partial charge < -0.3 is 9.88 Å². The predicted octanol–water partition coefficient (Wildman–Crippen LogP) is 6.61. The topological polar surface area (TPSA) is 29.9 Å². The van der Waals surface area contributed by atoms with Crippen LogP contribution in [0.1, 0.15) is 85.3 Å². The van der Waals surface area contributed by atoms with Gasteiger partial charge in [0.2, 0.25) is 5.95 Å². The van der Waals surface area contributed by atoms with E-state index < -0.39 is 0 Å². The summed E-state index contributed by atoms with van der Waals surface area (Å²) in [7, 11) is 0. The van der Waals surface area contributed by atoms with E-state index in [1.807, 2.05) is 13.8 Å². The molecule has 0 radical (unpaired) electrons. The molecule has 1 fully saturated rings. The first kappa shape index (κ1) is 19.8. The van der Waals surface area contributed by atoms with Gasteiger partial charge in [-0.2, -0.15) is 0 Å². The lowest BCUT2D eigenvalue weighted by molar-refractivity contribution is 0.322. The molecule has 0 bridgehead atoms. The summed E-state index contributed by atoms with van der Waals surface area (Å²) < 4.78 is 2.47. The van der Waals surface area contributed by atoms with E-state index in [0.717, 1.165) is 18.0 Å². The van der Waals surface area contributed by atoms with E-state index in [2.05, 4.69) is 62.7 Å². The Hall–Kier alpha value is -1.51. The van der Waals surface area contributed by atoms with E-state index in [1.165, 1.54) is 30.3 Å². The maximum Gasteiger partial charge on any atom is 0.204 e. The molecule has 0 amide bonds. The number of fused-ring (bicyclic) bond motifs is 1. The minimum absolute atomic E-state index is 0.557. The SMILES string of the molecule is CC.CC(C)c1ccc2nc(NC[C@@H](C)C(C)C)n(C3CCC3)c2c1. The Bertz CT molecular complexity index is 665. The lowest BCUT2D eigenvalue weighted by Crippen LogP contribution is -2.22. The summed E-state index contributed by atoms with van der Waals surface area (Å²) in [6.45, 7) is 16.4. The molecule has 3 nitrogen and oxygen atoms in total. The molecule has 1 heterocycles. The molecule has 1 aromatic carbocycles. The summed E-state index contributed by atoms with van der Waals surface area (Å²) in [6.07, 6.45) is 3.91. The second-order valence-corrected chi connectivity index (χ2v) is 7.90. The van der Waals surface area contributed by atoms with Gasteiger partial charge >= 0.3 is 0 Å². The summed E-state index contributed by atoms with van der Waals surface area (Å²) in [5.41, 5.74) is 3.83. The molecule has 1 aliphatic rings. The number of benzene rings is 1. The second-order valence-electron chi connectivity index (χ2n) is 7.90. The lowest BCUT2D eigenvalue weighted by Gasteiger charge is -2.29. The Balaban J connectivity index is 0.00000109. The van der Waals surface area contributed by atoms with Gasteiger partial charge in [0.05, 0.1) is 11.0 Å². The van der Waals surface area contributed by atoms with Crippen LogP contribution in [0, 0.1) is 11.8 Å². The van der Waals surface area contributed by atoms with Gasteiger partial charge in [-0.15, -0.1) is 0 Å². The highest BCUT2D eigenvalue weighted by atomic mass is 15.2. The molecule has 1 aromatic heterocycles. The van der Waals surface area contributed by atoms with Crippen molar-refractivity contribution in [3.63, 3.8) is 0 Å². The number of hydrogen-bond donors (Lipinski definition) is 1. The zero-order valence-electron chi connectivity index (χ0n) is 17.3. The maximum absolute atomic E-state index is 4.90. The fourth-order valence-corrected chi connectivity index (χ4v) is 3.10. The largest absolute Gasteiger partial charge is 0.355 e. The Labute approximate surface area is 154 Å². The number of rotatable bonds is 6. The number of imidazole rings is 1. The van der Waals surface area contributed by atoms with Crippen LogP contribution >= 0.6 is 0 Å². The average molecular weight is 344 g/mol. The van der Waals surface area contributed by atoms with Crippen molar-refractivity contribution in [2.24, 2.45) is 11.8 Å². The van der Waals surface area contributed by atoms with Gasteiger partial charge in [-0.25, -0.2) is 4.98 Å². The van der Waals surface area contributed by atoms with Crippen molar-refractivity contribution in [1.29, 1.82) is 0 Å². The van der Waals surface area contributed by atoms with E-state index in [0.29, 0.717) is 23.8 Å². The molecule has 0 saturated heterocycles. The molecular weight excluding hydrogens is 306 g/mol. The lowest BCUT2D eigenvalue weighted by atomic mass is 9.92. The number of hydrogen-bond acceptors (Lipinski definition) is 2. The van der Waals surface area contributed by atoms with Gasteiger partial charge in [0, 0.05) is 12.6 Å². The molecule has 1 atom stereocenters. The molecule has 1 N–H and O–H groups in total. The van der Waals surface area contributed by atoms with Crippen molar-refractivity contribution in [2.75, 3.05) is 11.9 Å². The number of nitrogens with zero attached hydrogens (tertiary/aromatic N) is 2. The molecule has 0 unspecified atom stereocenters. The summed E-state index contributed by atoms with van der Waals surface area (Å²) in [6, 6.07) is 7.39. The van der Waals surface area contributed by atoms with Crippen LogP contribution in [-0.2, 0) is 0 Å². The van der Waals surface area contributed by atoms with Crippen LogP contribution < -0.4 is 5.32 Å². The zero-order valence-corrected chi connectivity index (χ0v) is 17.3. The molecule has 2 aromatic rings. The molecule has 1 aliphatic carbocycles. The van der Waals surface area contributed by atoms with Crippen LogP contribution in [0.4, 0.5) is 5.95 Å². The third-order valence-electron chi connectivity index (χ3n) is 5.54. The molecule has 1 saturated carbocycles. The fraction of sp³-hybridized carbons (Fsp3) is 0.682. The van der Waals surface area contributed by atoms with Crippen molar-refractivity contribution in [3.8, 4) is 0 Å². The van der Waals surface area contributed by atoms with Crippen LogP contribution in [0.5, 0.6) is 0 Å². The van der Waals surface area contributed by atoms with Crippen molar-refractivity contribution in [3.05, 3.63) is 23.8 Å². The van der Waals surface area contributed by atoms with E-state index in [-0.39, 0.29) is 0 Å². The van der Waals surface area contributed by atoms with Crippen molar-refractivity contribution in [1.82, 2.24) is 9.55 Å². The smallest absolute Gasteiger partial charge is 0.204 e. The first-order valence-corrected chi connectivity index (χ1v) is 10.2. The highest BCUT2D eigenvalue weighted by molar-refractivity contribution is 5.80. The van der Waals surface area contributed by atoms with Crippen LogP contribution in [0.15, 0.2) is 18.2 Å². The highest BCUT2D eigenvalue weighted by Crippen LogP contribution is 2.38. The monoisotopic (exact) mass is 343 g/mol. The fourth-order valence-electron chi connectivity index (χ4n) is 3.10. The van der Waals surface area contributed by atoms with Crippen molar-refractivity contribution < 1.29 is 0 Å². The van der Waals surface area contributed by atoms with Gasteiger partial charge in [-0.1, -0.05) is 54.5 Å². The minimum Gasteiger partial charge on any atom is -0.355 e. The third kappa shape index (κ3) is 4.37. The number of nitrogens with one attached hydrogen (secondary N) is 1. The van der Waals surface area contributed by atoms with E-state index >= 15 is 0 Å². The van der Waals surface area contributed by atoms with Crippen LogP contribution in [0.25, 0.3) is 11.0 Å². The number of anilines is 1. The number of aromatic nitrogens is 2. The van der Waals surface area contributed by atoms with Crippen molar-refractivity contribution in [2.45, 2.75) is 79.7 Å². The Kier molecular flexibility index (Phi) is 6.92. The molecule has 3 rings (SSSR count). The first-order valence-electron chi connectivity index (χ1n) is 10.2. The normalized spacial score (nSPS) is 15.9. The van der Waals surface area contributed by atoms with E-state index in [1.54, 1.807) is 0 Å². The Morgan fingerprint density at radius 2 is 1.80 bits per heavy atom. The third-order valence-corrected chi connectivity index (χ3v) is 5.54. The second kappa shape index (κ2) is 8.73. The highest BCUT2D eigenvalue weighted by Gasteiger charge is 2.25.